The van der Waals surface area contributed by atoms with Gasteiger partial charge in [0.15, 0.2) is 16.6 Å². The quantitative estimate of drug-likeness (QED) is 0.143. The Labute approximate surface area is 267 Å². The molecule has 0 saturated heterocycles. The normalized spacial score (nSPS) is 41.3. The molecule has 0 bridgehead atoms. The van der Waals surface area contributed by atoms with Crippen molar-refractivity contribution in [2.75, 3.05) is 13.9 Å². The first-order chi connectivity index (χ1) is 19.6. The number of ether oxygens (including phenoxy) is 2. The van der Waals surface area contributed by atoms with Crippen LogP contribution in [0.1, 0.15) is 107 Å². The second kappa shape index (κ2) is 12.2. The molecule has 0 amide bonds. The van der Waals surface area contributed by atoms with Gasteiger partial charge in [-0.25, -0.2) is 0 Å². The molecule has 5 nitrogen and oxygen atoms in total. The van der Waals surface area contributed by atoms with Gasteiger partial charge in [-0.3, -0.25) is 0 Å². The lowest BCUT2D eigenvalue weighted by Gasteiger charge is -2.64. The molecule has 0 heterocycles. The predicted molar refractivity (Wildman–Crippen MR) is 182 cm³/mol. The first-order valence-electron chi connectivity index (χ1n) is 17.5. The van der Waals surface area contributed by atoms with E-state index < -0.39 is 16.6 Å². The Morgan fingerprint density at radius 2 is 1.40 bits per heavy atom. The second-order valence-electron chi connectivity index (χ2n) is 18.8. The average molecular weight is 637 g/mol. The minimum absolute atomic E-state index is 0.0503. The van der Waals surface area contributed by atoms with Crippen LogP contribution in [0.5, 0.6) is 0 Å². The largest absolute Gasteiger partial charge is 0.414 e. The van der Waals surface area contributed by atoms with Gasteiger partial charge >= 0.3 is 0 Å². The Hall–Kier alpha value is -0.0562. The van der Waals surface area contributed by atoms with Crippen LogP contribution in [0.25, 0.3) is 0 Å². The fraction of sp³-hybridized carbons (Fsp3) is 0.972. The van der Waals surface area contributed by atoms with Crippen LogP contribution in [-0.2, 0) is 23.1 Å². The molecular weight excluding hydrogens is 569 g/mol. The topological polar surface area (TPSA) is 54.0 Å². The van der Waals surface area contributed by atoms with Gasteiger partial charge in [0.05, 0.1) is 6.10 Å². The number of aldehydes is 1. The van der Waals surface area contributed by atoms with Crippen LogP contribution in [0, 0.1) is 46.3 Å². The van der Waals surface area contributed by atoms with Crippen LogP contribution < -0.4 is 0 Å². The van der Waals surface area contributed by atoms with Crippen LogP contribution >= 0.6 is 0 Å². The van der Waals surface area contributed by atoms with Gasteiger partial charge in [0.2, 0.25) is 0 Å². The molecule has 0 radical (unpaired) electrons. The zero-order chi connectivity index (χ0) is 32.4. The summed E-state index contributed by atoms with van der Waals surface area (Å²) in [6.45, 7) is 31.5. The van der Waals surface area contributed by atoms with E-state index >= 15 is 0 Å². The summed E-state index contributed by atoms with van der Waals surface area (Å²) < 4.78 is 26.7. The minimum Gasteiger partial charge on any atom is -0.414 e. The zero-order valence-electron chi connectivity index (χ0n) is 30.5. The number of hydrogen-bond donors (Lipinski definition) is 0. The van der Waals surface area contributed by atoms with Gasteiger partial charge in [-0.15, -0.1) is 0 Å². The number of fused-ring (bicyclic) bond motifs is 5. The van der Waals surface area contributed by atoms with E-state index in [4.69, 9.17) is 18.3 Å². The Bertz CT molecular complexity index is 985. The summed E-state index contributed by atoms with van der Waals surface area (Å²) >= 11 is 0. The van der Waals surface area contributed by atoms with Gasteiger partial charge in [-0.05, 0) is 122 Å². The zero-order valence-corrected chi connectivity index (χ0v) is 32.5. The summed E-state index contributed by atoms with van der Waals surface area (Å²) in [6.07, 6.45) is 9.93. The number of methoxy groups -OCH3 is 1. The molecule has 0 spiro atoms. The molecule has 0 aromatic carbocycles. The molecule has 4 rings (SSSR count). The maximum absolute atomic E-state index is 12.2. The number of rotatable bonds is 9. The first kappa shape index (κ1) is 35.8. The molecule has 0 aromatic heterocycles. The minimum atomic E-state index is -2.01. The van der Waals surface area contributed by atoms with Crippen molar-refractivity contribution in [2.45, 2.75) is 162 Å². The van der Waals surface area contributed by atoms with Crippen molar-refractivity contribution >= 4 is 22.9 Å². The van der Waals surface area contributed by atoms with Crippen molar-refractivity contribution in [3.05, 3.63) is 0 Å². The predicted octanol–water partition coefficient (Wildman–Crippen LogP) is 9.47. The summed E-state index contributed by atoms with van der Waals surface area (Å²) in [5, 5.41) is 0.375. The third-order valence-electron chi connectivity index (χ3n) is 14.4. The molecular formula is C36H68O5Si2. The highest BCUT2D eigenvalue weighted by molar-refractivity contribution is 6.74. The van der Waals surface area contributed by atoms with Gasteiger partial charge in [-0.2, -0.15) is 0 Å². The maximum atomic E-state index is 12.2. The Morgan fingerprint density at radius 3 is 1.95 bits per heavy atom. The maximum Gasteiger partial charge on any atom is 0.192 e. The third-order valence-corrected chi connectivity index (χ3v) is 23.4. The van der Waals surface area contributed by atoms with Crippen molar-refractivity contribution in [1.82, 2.24) is 0 Å². The highest BCUT2D eigenvalue weighted by Crippen LogP contribution is 2.69. The van der Waals surface area contributed by atoms with Crippen LogP contribution in [0.4, 0.5) is 0 Å². The van der Waals surface area contributed by atoms with Gasteiger partial charge in [0.1, 0.15) is 13.1 Å². The summed E-state index contributed by atoms with van der Waals surface area (Å²) in [5.74, 6) is 2.55. The highest BCUT2D eigenvalue weighted by Gasteiger charge is 2.66. The molecule has 4 aliphatic rings. The van der Waals surface area contributed by atoms with Crippen molar-refractivity contribution < 1.29 is 23.1 Å². The lowest BCUT2D eigenvalue weighted by atomic mass is 9.43. The van der Waals surface area contributed by atoms with Crippen molar-refractivity contribution in [2.24, 2.45) is 46.3 Å². The summed E-state index contributed by atoms with van der Waals surface area (Å²) in [7, 11) is -2.16. The van der Waals surface area contributed by atoms with E-state index in [2.05, 4.69) is 88.5 Å². The van der Waals surface area contributed by atoms with Gasteiger partial charge < -0.3 is 23.1 Å². The molecule has 250 valence electrons. The van der Waals surface area contributed by atoms with E-state index in [0.29, 0.717) is 42.5 Å². The molecule has 0 aromatic rings. The summed E-state index contributed by atoms with van der Waals surface area (Å²) in [5.41, 5.74) is 0.331. The molecule has 4 saturated carbocycles. The summed E-state index contributed by atoms with van der Waals surface area (Å²) in [4.78, 5) is 12.2. The SMILES string of the molecule is COCO[C@@H]1C[C@H]([C@H](C)C=O)[C@@]2(C)CC[C@H]3[C@@H](C[C@H](O[Si](C)(C)C(C)(C)C)[C@H]4C[C@@H](O[Si](C)(C)C(C)(C)C)CC[C@@]43C)[C@H]12. The molecule has 0 unspecified atom stereocenters. The standard InChI is InChI=1S/C36H68O5Si2/c1-24(22-37)28-21-31(39-23-38-10)32-26-20-30(41-43(13,14)34(5,6)7)29-19-25(40-42(11,12)33(2,3)4)15-17-35(29,8)27(26)16-18-36(28,32)9/h22,24-32H,15-21,23H2,1-14H3/t24-,25+,26-,27+,28-,29-,30+,31-,32-,35-,36-/m1/s1. The number of carbonyl (C=O) groups is 1. The number of hydrogen-bond acceptors (Lipinski definition) is 5. The van der Waals surface area contributed by atoms with Crippen LogP contribution in [0.2, 0.25) is 36.3 Å². The third kappa shape index (κ3) is 6.44. The molecule has 0 aliphatic heterocycles. The fourth-order valence-corrected chi connectivity index (χ4v) is 12.7. The van der Waals surface area contributed by atoms with E-state index in [9.17, 15) is 4.79 Å². The Balaban J connectivity index is 1.73. The molecule has 4 fully saturated rings. The lowest BCUT2D eigenvalue weighted by Crippen LogP contribution is -2.62. The Kier molecular flexibility index (Phi) is 10.1. The smallest absolute Gasteiger partial charge is 0.192 e. The summed E-state index contributed by atoms with van der Waals surface area (Å²) in [6, 6.07) is 0. The molecule has 4 aliphatic carbocycles. The highest BCUT2D eigenvalue weighted by atomic mass is 28.4. The van der Waals surface area contributed by atoms with E-state index in [1.165, 1.54) is 25.5 Å². The molecule has 43 heavy (non-hydrogen) atoms. The van der Waals surface area contributed by atoms with Crippen LogP contribution in [0.15, 0.2) is 0 Å². The molecule has 7 heteroatoms. The van der Waals surface area contributed by atoms with E-state index in [0.717, 1.165) is 25.7 Å². The van der Waals surface area contributed by atoms with Crippen molar-refractivity contribution in [1.29, 1.82) is 0 Å². The van der Waals surface area contributed by atoms with E-state index in [1.54, 1.807) is 7.11 Å². The van der Waals surface area contributed by atoms with Crippen LogP contribution in [-0.4, -0.2) is 55.1 Å². The second-order valence-corrected chi connectivity index (χ2v) is 28.3. The van der Waals surface area contributed by atoms with Gasteiger partial charge in [-0.1, -0.05) is 62.3 Å². The fourth-order valence-electron chi connectivity index (χ4n) is 9.94. The average Bonchev–Trinajstić information content (AvgIpc) is 3.18. The van der Waals surface area contributed by atoms with Crippen molar-refractivity contribution in [3.63, 3.8) is 0 Å². The number of carbonyl (C=O) groups excluding carboxylic acids is 1. The van der Waals surface area contributed by atoms with Gasteiger partial charge in [0.25, 0.3) is 0 Å². The molecule has 11 atom stereocenters. The van der Waals surface area contributed by atoms with Crippen LogP contribution in [0.3, 0.4) is 0 Å². The van der Waals surface area contributed by atoms with E-state index in [-0.39, 0.29) is 39.0 Å². The molecule has 0 N–H and O–H groups in total. The monoisotopic (exact) mass is 636 g/mol. The first-order valence-corrected chi connectivity index (χ1v) is 23.4. The lowest BCUT2D eigenvalue weighted by molar-refractivity contribution is -0.188. The van der Waals surface area contributed by atoms with Crippen molar-refractivity contribution in [3.8, 4) is 0 Å². The Morgan fingerprint density at radius 1 is 0.814 bits per heavy atom. The van der Waals surface area contributed by atoms with E-state index in [1.807, 2.05) is 0 Å². The van der Waals surface area contributed by atoms with Gasteiger partial charge in [0, 0.05) is 25.2 Å².